The summed E-state index contributed by atoms with van der Waals surface area (Å²) in [5.74, 6) is 2.32. The van der Waals surface area contributed by atoms with E-state index in [4.69, 9.17) is 20.7 Å². The molecule has 1 atom stereocenters. The standard InChI is InChI=1S/C21H25N5O2/c22-21(24-25-23)17-9-11-26(12-10-17)13-15-5-7-16(8-6-15)20-14-27-18-3-1-2-4-19(18)28-20/h1-8,17,20H,9-14H2,(H3,22,23,24). The highest BCUT2D eigenvalue weighted by atomic mass is 16.6. The van der Waals surface area contributed by atoms with Crippen LogP contribution >= 0.6 is 0 Å². The predicted molar refractivity (Wildman–Crippen MR) is 107 cm³/mol. The van der Waals surface area contributed by atoms with Crippen molar-refractivity contribution in [3.05, 3.63) is 59.7 Å². The summed E-state index contributed by atoms with van der Waals surface area (Å²) in [6.45, 7) is 3.38. The number of nitrogens with one attached hydrogen (secondary N) is 1. The summed E-state index contributed by atoms with van der Waals surface area (Å²) in [5.41, 5.74) is 15.1. The first-order valence-corrected chi connectivity index (χ1v) is 9.62. The number of nitrogens with two attached hydrogens (primary N) is 1. The van der Waals surface area contributed by atoms with E-state index in [1.165, 1.54) is 5.56 Å². The van der Waals surface area contributed by atoms with Gasteiger partial charge in [0.1, 0.15) is 12.4 Å². The van der Waals surface area contributed by atoms with E-state index in [1.54, 1.807) is 0 Å². The molecule has 0 spiro atoms. The first kappa shape index (κ1) is 18.4. The first-order chi connectivity index (χ1) is 13.7. The molecular formula is C21H25N5O2. The van der Waals surface area contributed by atoms with Crippen LogP contribution in [0.25, 0.3) is 0 Å². The minimum absolute atomic E-state index is 0.0793. The average Bonchev–Trinajstić information content (AvgIpc) is 2.75. The lowest BCUT2D eigenvalue weighted by atomic mass is 9.95. The number of piperidine rings is 1. The molecule has 2 aromatic carbocycles. The molecule has 0 bridgehead atoms. The van der Waals surface area contributed by atoms with Crippen LogP contribution in [0.5, 0.6) is 11.5 Å². The second kappa shape index (κ2) is 8.39. The van der Waals surface area contributed by atoms with Crippen LogP contribution in [0.4, 0.5) is 0 Å². The van der Waals surface area contributed by atoms with Gasteiger partial charge in [-0.05, 0) is 49.2 Å². The Hall–Kier alpha value is -2.93. The largest absolute Gasteiger partial charge is 0.485 e. The second-order valence-corrected chi connectivity index (χ2v) is 7.28. The first-order valence-electron chi connectivity index (χ1n) is 9.62. The number of nitrogens with zero attached hydrogens (tertiary/aromatic N) is 3. The summed E-state index contributed by atoms with van der Waals surface area (Å²) in [6, 6.07) is 16.4. The molecular weight excluding hydrogens is 354 g/mol. The third-order valence-corrected chi connectivity index (χ3v) is 5.44. The summed E-state index contributed by atoms with van der Waals surface area (Å²) in [5, 5.41) is 6.71. The lowest BCUT2D eigenvalue weighted by Gasteiger charge is -2.31. The number of rotatable bonds is 5. The third-order valence-electron chi connectivity index (χ3n) is 5.44. The highest BCUT2D eigenvalue weighted by molar-refractivity contribution is 5.82. The van der Waals surface area contributed by atoms with Crippen LogP contribution < -0.4 is 15.2 Å². The van der Waals surface area contributed by atoms with Crippen LogP contribution in [0, 0.1) is 11.4 Å². The molecule has 1 unspecified atom stereocenters. The fourth-order valence-electron chi connectivity index (χ4n) is 3.81. The quantitative estimate of drug-likeness (QED) is 0.358. The number of hydrogen-bond donors (Lipinski definition) is 2. The van der Waals surface area contributed by atoms with Gasteiger partial charge in [-0.3, -0.25) is 4.90 Å². The van der Waals surface area contributed by atoms with E-state index in [1.807, 2.05) is 24.3 Å². The molecule has 1 saturated heterocycles. The van der Waals surface area contributed by atoms with Gasteiger partial charge in [0.05, 0.1) is 0 Å². The monoisotopic (exact) mass is 379 g/mol. The molecule has 1 fully saturated rings. The van der Waals surface area contributed by atoms with E-state index >= 15 is 0 Å². The zero-order chi connectivity index (χ0) is 19.3. The summed E-state index contributed by atoms with van der Waals surface area (Å²) >= 11 is 0. The zero-order valence-electron chi connectivity index (χ0n) is 15.8. The SMILES string of the molecule is N=NN=C(N)C1CCN(Cc2ccc(C3COc4ccccc4O3)cc2)CC1. The topological polar surface area (TPSA) is 96.3 Å². The Bertz CT molecular complexity index is 844. The van der Waals surface area contributed by atoms with Crippen LogP contribution in [0.3, 0.4) is 0 Å². The highest BCUT2D eigenvalue weighted by Gasteiger charge is 2.24. The van der Waals surface area contributed by atoms with Gasteiger partial charge in [0.15, 0.2) is 17.6 Å². The van der Waals surface area contributed by atoms with E-state index in [9.17, 15) is 0 Å². The van der Waals surface area contributed by atoms with Crippen LogP contribution in [0.15, 0.2) is 58.9 Å². The molecule has 7 heteroatoms. The van der Waals surface area contributed by atoms with Gasteiger partial charge in [0, 0.05) is 12.5 Å². The Kier molecular flexibility index (Phi) is 5.53. The lowest BCUT2D eigenvalue weighted by Crippen LogP contribution is -2.38. The van der Waals surface area contributed by atoms with Crippen molar-refractivity contribution < 1.29 is 9.47 Å². The molecule has 4 rings (SSSR count). The van der Waals surface area contributed by atoms with Crippen LogP contribution in [0.2, 0.25) is 0 Å². The maximum absolute atomic E-state index is 6.80. The molecule has 7 nitrogen and oxygen atoms in total. The molecule has 0 saturated carbocycles. The van der Waals surface area contributed by atoms with Crippen molar-refractivity contribution in [1.29, 1.82) is 5.53 Å². The van der Waals surface area contributed by atoms with Crippen molar-refractivity contribution in [2.75, 3.05) is 19.7 Å². The van der Waals surface area contributed by atoms with Crippen molar-refractivity contribution >= 4 is 5.84 Å². The molecule has 2 aliphatic rings. The molecule has 2 aliphatic heterocycles. The molecule has 2 aromatic rings. The fraction of sp³-hybridized carbons (Fsp3) is 0.381. The number of para-hydroxylation sites is 2. The van der Waals surface area contributed by atoms with Gasteiger partial charge < -0.3 is 15.2 Å². The van der Waals surface area contributed by atoms with Gasteiger partial charge in [-0.25, -0.2) is 0 Å². The third kappa shape index (κ3) is 4.14. The number of benzene rings is 2. The number of amidine groups is 1. The minimum atomic E-state index is -0.0793. The van der Waals surface area contributed by atoms with Crippen LogP contribution in [-0.2, 0) is 6.54 Å². The van der Waals surface area contributed by atoms with E-state index in [2.05, 4.69) is 39.5 Å². The van der Waals surface area contributed by atoms with Crippen molar-refractivity contribution in [3.8, 4) is 11.5 Å². The zero-order valence-corrected chi connectivity index (χ0v) is 15.8. The van der Waals surface area contributed by atoms with E-state index in [-0.39, 0.29) is 12.0 Å². The summed E-state index contributed by atoms with van der Waals surface area (Å²) < 4.78 is 11.9. The van der Waals surface area contributed by atoms with Gasteiger partial charge in [-0.15, -0.1) is 5.10 Å². The minimum Gasteiger partial charge on any atom is -0.485 e. The van der Waals surface area contributed by atoms with Gasteiger partial charge in [-0.2, -0.15) is 5.53 Å². The number of ether oxygens (including phenoxy) is 2. The maximum Gasteiger partial charge on any atom is 0.162 e. The fourth-order valence-corrected chi connectivity index (χ4v) is 3.81. The van der Waals surface area contributed by atoms with Crippen molar-refractivity contribution in [2.24, 2.45) is 22.0 Å². The van der Waals surface area contributed by atoms with Gasteiger partial charge >= 0.3 is 0 Å². The van der Waals surface area contributed by atoms with Gasteiger partial charge in [0.25, 0.3) is 0 Å². The smallest absolute Gasteiger partial charge is 0.162 e. The van der Waals surface area contributed by atoms with Crippen molar-refractivity contribution in [2.45, 2.75) is 25.5 Å². The Morgan fingerprint density at radius 3 is 2.50 bits per heavy atom. The highest BCUT2D eigenvalue weighted by Crippen LogP contribution is 2.35. The van der Waals surface area contributed by atoms with E-state index in [0.717, 1.165) is 49.5 Å². The molecule has 0 radical (unpaired) electrons. The number of likely N-dealkylation sites (tertiary alicyclic amines) is 1. The van der Waals surface area contributed by atoms with Crippen LogP contribution in [-0.4, -0.2) is 30.4 Å². The van der Waals surface area contributed by atoms with Crippen LogP contribution in [0.1, 0.15) is 30.1 Å². The normalized spacial score (nSPS) is 20.7. The van der Waals surface area contributed by atoms with E-state index < -0.39 is 0 Å². The number of fused-ring (bicyclic) bond motifs is 1. The summed E-state index contributed by atoms with van der Waals surface area (Å²) in [6.07, 6.45) is 1.83. The summed E-state index contributed by atoms with van der Waals surface area (Å²) in [4.78, 5) is 2.42. The van der Waals surface area contributed by atoms with Crippen molar-refractivity contribution in [1.82, 2.24) is 4.90 Å². The Labute approximate surface area is 164 Å². The maximum atomic E-state index is 6.80. The molecule has 0 amide bonds. The second-order valence-electron chi connectivity index (χ2n) is 7.28. The van der Waals surface area contributed by atoms with Crippen molar-refractivity contribution in [3.63, 3.8) is 0 Å². The molecule has 3 N–H and O–H groups in total. The average molecular weight is 379 g/mol. The Morgan fingerprint density at radius 1 is 1.07 bits per heavy atom. The summed E-state index contributed by atoms with van der Waals surface area (Å²) in [7, 11) is 0. The molecule has 0 aliphatic carbocycles. The Balaban J connectivity index is 1.32. The van der Waals surface area contributed by atoms with Gasteiger partial charge in [-0.1, -0.05) is 41.6 Å². The number of hydrogen-bond acceptors (Lipinski definition) is 5. The molecule has 2 heterocycles. The molecule has 0 aromatic heterocycles. The van der Waals surface area contributed by atoms with E-state index in [0.29, 0.717) is 12.4 Å². The lowest BCUT2D eigenvalue weighted by molar-refractivity contribution is 0.0912. The predicted octanol–water partition coefficient (Wildman–Crippen LogP) is 3.71. The molecule has 146 valence electrons. The van der Waals surface area contributed by atoms with Gasteiger partial charge in [0.2, 0.25) is 0 Å². The Morgan fingerprint density at radius 2 is 1.79 bits per heavy atom. The molecule has 28 heavy (non-hydrogen) atoms.